The van der Waals surface area contributed by atoms with E-state index in [4.69, 9.17) is 0 Å². The molecular weight excluding hydrogens is 298 g/mol. The van der Waals surface area contributed by atoms with Gasteiger partial charge in [0, 0.05) is 17.7 Å². The van der Waals surface area contributed by atoms with Gasteiger partial charge in [-0.15, -0.1) is 0 Å². The van der Waals surface area contributed by atoms with E-state index in [-0.39, 0.29) is 17.0 Å². The van der Waals surface area contributed by atoms with Crippen molar-refractivity contribution in [1.82, 2.24) is 5.43 Å². The van der Waals surface area contributed by atoms with Gasteiger partial charge in [-0.3, -0.25) is 14.9 Å². The van der Waals surface area contributed by atoms with Gasteiger partial charge < -0.3 is 5.11 Å². The summed E-state index contributed by atoms with van der Waals surface area (Å²) < 4.78 is 0. The van der Waals surface area contributed by atoms with Crippen molar-refractivity contribution in [3.8, 4) is 5.75 Å². The summed E-state index contributed by atoms with van der Waals surface area (Å²) in [6.45, 7) is 1.89. The summed E-state index contributed by atoms with van der Waals surface area (Å²) in [6, 6.07) is 11.8. The number of hydrogen-bond donors (Lipinski definition) is 2. The van der Waals surface area contributed by atoms with Gasteiger partial charge in [-0.25, -0.2) is 5.43 Å². The number of phenols is 1. The molecule has 0 fully saturated rings. The van der Waals surface area contributed by atoms with Crippen LogP contribution in [0.15, 0.2) is 53.6 Å². The van der Waals surface area contributed by atoms with Crippen molar-refractivity contribution in [3.63, 3.8) is 0 Å². The van der Waals surface area contributed by atoms with E-state index in [1.54, 1.807) is 24.3 Å². The number of amides is 1. The lowest BCUT2D eigenvalue weighted by Gasteiger charge is -2.05. The number of nitro benzene ring substituents is 1. The zero-order valence-electron chi connectivity index (χ0n) is 12.4. The van der Waals surface area contributed by atoms with Crippen molar-refractivity contribution in [2.45, 2.75) is 13.3 Å². The highest BCUT2D eigenvalue weighted by molar-refractivity contribution is 6.02. The van der Waals surface area contributed by atoms with Gasteiger partial charge in [-0.05, 0) is 48.4 Å². The van der Waals surface area contributed by atoms with Crippen molar-refractivity contribution in [3.05, 3.63) is 69.8 Å². The molecule has 23 heavy (non-hydrogen) atoms. The molecule has 0 spiro atoms. The largest absolute Gasteiger partial charge is 0.508 e. The van der Waals surface area contributed by atoms with E-state index in [2.05, 4.69) is 10.5 Å². The van der Waals surface area contributed by atoms with E-state index in [0.29, 0.717) is 12.1 Å². The van der Waals surface area contributed by atoms with Crippen LogP contribution in [0.2, 0.25) is 0 Å². The van der Waals surface area contributed by atoms with Crippen LogP contribution < -0.4 is 5.43 Å². The van der Waals surface area contributed by atoms with Crippen molar-refractivity contribution >= 4 is 17.3 Å². The van der Waals surface area contributed by atoms with Crippen LogP contribution in [0.5, 0.6) is 5.75 Å². The molecule has 2 N–H and O–H groups in total. The Morgan fingerprint density at radius 2 is 1.70 bits per heavy atom. The minimum absolute atomic E-state index is 0.0802. The monoisotopic (exact) mass is 313 g/mol. The van der Waals surface area contributed by atoms with Crippen LogP contribution in [0, 0.1) is 10.1 Å². The fraction of sp³-hybridized carbons (Fsp3) is 0.125. The lowest BCUT2D eigenvalue weighted by atomic mass is 10.1. The van der Waals surface area contributed by atoms with Crippen LogP contribution in [-0.2, 0) is 0 Å². The molecule has 0 bridgehead atoms. The molecule has 0 atom stereocenters. The third-order valence-electron chi connectivity index (χ3n) is 3.17. The Hall–Kier alpha value is -3.22. The number of hydrazone groups is 1. The topological polar surface area (TPSA) is 105 Å². The maximum atomic E-state index is 12.0. The Labute approximate surface area is 132 Å². The van der Waals surface area contributed by atoms with Crippen molar-refractivity contribution in [2.75, 3.05) is 0 Å². The van der Waals surface area contributed by atoms with Crippen LogP contribution in [0.4, 0.5) is 5.69 Å². The van der Waals surface area contributed by atoms with E-state index in [1.807, 2.05) is 6.92 Å². The maximum absolute atomic E-state index is 12.0. The van der Waals surface area contributed by atoms with Gasteiger partial charge in [-0.1, -0.05) is 6.92 Å². The number of carbonyl (C=O) groups is 1. The summed E-state index contributed by atoms with van der Waals surface area (Å²) >= 11 is 0. The van der Waals surface area contributed by atoms with E-state index in [1.165, 1.54) is 24.3 Å². The maximum Gasteiger partial charge on any atom is 0.271 e. The van der Waals surface area contributed by atoms with Crippen molar-refractivity contribution < 1.29 is 14.8 Å². The second-order valence-corrected chi connectivity index (χ2v) is 4.70. The highest BCUT2D eigenvalue weighted by Gasteiger charge is 2.09. The van der Waals surface area contributed by atoms with Crippen molar-refractivity contribution in [2.24, 2.45) is 5.10 Å². The van der Waals surface area contributed by atoms with Gasteiger partial charge in [0.2, 0.25) is 0 Å². The fourth-order valence-corrected chi connectivity index (χ4v) is 1.92. The Morgan fingerprint density at radius 1 is 1.13 bits per heavy atom. The molecule has 0 radical (unpaired) electrons. The highest BCUT2D eigenvalue weighted by Crippen LogP contribution is 2.13. The first-order valence-corrected chi connectivity index (χ1v) is 6.92. The lowest BCUT2D eigenvalue weighted by Crippen LogP contribution is -2.20. The first-order valence-electron chi connectivity index (χ1n) is 6.92. The van der Waals surface area contributed by atoms with Crippen LogP contribution in [0.3, 0.4) is 0 Å². The number of hydrogen-bond acceptors (Lipinski definition) is 5. The molecule has 0 heterocycles. The molecule has 0 saturated heterocycles. The van der Waals surface area contributed by atoms with Gasteiger partial charge in [0.1, 0.15) is 5.75 Å². The summed E-state index contributed by atoms with van der Waals surface area (Å²) in [5.74, 6) is -0.302. The zero-order valence-corrected chi connectivity index (χ0v) is 12.4. The highest BCUT2D eigenvalue weighted by atomic mass is 16.6. The lowest BCUT2D eigenvalue weighted by molar-refractivity contribution is -0.384. The summed E-state index contributed by atoms with van der Waals surface area (Å²) in [6.07, 6.45) is 0.589. The zero-order chi connectivity index (χ0) is 16.8. The average molecular weight is 313 g/mol. The minimum Gasteiger partial charge on any atom is -0.508 e. The molecule has 118 valence electrons. The average Bonchev–Trinajstić information content (AvgIpc) is 2.56. The van der Waals surface area contributed by atoms with E-state index in [0.717, 1.165) is 5.56 Å². The molecule has 0 aromatic heterocycles. The quantitative estimate of drug-likeness (QED) is 0.503. The molecule has 0 saturated carbocycles. The molecule has 2 rings (SSSR count). The minimum atomic E-state index is -0.528. The number of nitrogens with one attached hydrogen (secondary N) is 1. The molecule has 0 aliphatic heterocycles. The molecule has 0 aliphatic carbocycles. The molecule has 0 aliphatic rings. The Kier molecular flexibility index (Phi) is 5.03. The van der Waals surface area contributed by atoms with Crippen LogP contribution in [0.1, 0.15) is 29.3 Å². The predicted octanol–water partition coefficient (Wildman–Crippen LogP) is 2.84. The van der Waals surface area contributed by atoms with Gasteiger partial charge in [0.25, 0.3) is 11.6 Å². The number of phenolic OH excluding ortho intramolecular Hbond substituents is 1. The first-order chi connectivity index (χ1) is 11.0. The van der Waals surface area contributed by atoms with Gasteiger partial charge in [0.05, 0.1) is 10.6 Å². The first kappa shape index (κ1) is 16.2. The number of aromatic hydroxyl groups is 1. The molecule has 0 unspecified atom stereocenters. The number of nitro groups is 1. The third kappa shape index (κ3) is 4.13. The van der Waals surface area contributed by atoms with Crippen LogP contribution >= 0.6 is 0 Å². The summed E-state index contributed by atoms with van der Waals surface area (Å²) in [5.41, 5.74) is 4.07. The fourth-order valence-electron chi connectivity index (χ4n) is 1.92. The second kappa shape index (κ2) is 7.17. The third-order valence-corrected chi connectivity index (χ3v) is 3.17. The van der Waals surface area contributed by atoms with Crippen LogP contribution in [-0.4, -0.2) is 21.6 Å². The van der Waals surface area contributed by atoms with Gasteiger partial charge in [-0.2, -0.15) is 5.10 Å². The van der Waals surface area contributed by atoms with Gasteiger partial charge >= 0.3 is 0 Å². The Balaban J connectivity index is 2.11. The van der Waals surface area contributed by atoms with E-state index in [9.17, 15) is 20.0 Å². The molecule has 1 amide bonds. The Morgan fingerprint density at radius 3 is 2.22 bits per heavy atom. The standard InChI is InChI=1S/C16H15N3O4/c1-2-15(11-5-9-14(20)10-6-11)17-18-16(21)12-3-7-13(8-4-12)19(22)23/h3-10,20H,2H2,1H3,(H,18,21)/b17-15-. The summed E-state index contributed by atoms with van der Waals surface area (Å²) in [7, 11) is 0. The molecule has 2 aromatic carbocycles. The number of non-ortho nitro benzene ring substituents is 1. The molecule has 7 nitrogen and oxygen atoms in total. The summed E-state index contributed by atoms with van der Waals surface area (Å²) in [5, 5.41) is 23.9. The molecule has 2 aromatic rings. The van der Waals surface area contributed by atoms with E-state index >= 15 is 0 Å². The molecule has 7 heteroatoms. The van der Waals surface area contributed by atoms with E-state index < -0.39 is 10.8 Å². The molecular formula is C16H15N3O4. The van der Waals surface area contributed by atoms with Crippen molar-refractivity contribution in [1.29, 1.82) is 0 Å². The summed E-state index contributed by atoms with van der Waals surface area (Å²) in [4.78, 5) is 22.1. The number of nitrogens with zero attached hydrogens (tertiary/aromatic N) is 2. The smallest absolute Gasteiger partial charge is 0.271 e. The number of benzene rings is 2. The SMILES string of the molecule is CC/C(=N/NC(=O)c1ccc([N+](=O)[O-])cc1)c1ccc(O)cc1. The second-order valence-electron chi connectivity index (χ2n) is 4.70. The normalized spacial score (nSPS) is 11.1. The number of rotatable bonds is 5. The number of carbonyl (C=O) groups excluding carboxylic acids is 1. The van der Waals surface area contributed by atoms with Gasteiger partial charge in [0.15, 0.2) is 0 Å². The Bertz CT molecular complexity index is 737. The van der Waals surface area contributed by atoms with Crippen LogP contribution in [0.25, 0.3) is 0 Å². The predicted molar refractivity (Wildman–Crippen MR) is 85.5 cm³/mol.